The predicted molar refractivity (Wildman–Crippen MR) is 124 cm³/mol. The van der Waals surface area contributed by atoms with Gasteiger partial charge in [0.05, 0.1) is 10.6 Å². The van der Waals surface area contributed by atoms with E-state index in [4.69, 9.17) is 39.5 Å². The molecule has 0 aliphatic carbocycles. The van der Waals surface area contributed by atoms with Crippen LogP contribution in [-0.2, 0) is 14.8 Å². The highest BCUT2D eigenvalue weighted by atomic mass is 35.5. The third-order valence-corrected chi connectivity index (χ3v) is 6.13. The lowest BCUT2D eigenvalue weighted by atomic mass is 10.3. The Morgan fingerprint density at radius 2 is 1.42 bits per heavy atom. The highest BCUT2D eigenvalue weighted by Gasteiger charge is 2.17. The summed E-state index contributed by atoms with van der Waals surface area (Å²) in [5, 5.41) is 3.85. The maximum atomic E-state index is 12.6. The first-order valence-electron chi connectivity index (χ1n) is 8.94. The molecule has 1 amide bonds. The van der Waals surface area contributed by atoms with Gasteiger partial charge in [0, 0.05) is 20.8 Å². The molecule has 3 aromatic rings. The first kappa shape index (κ1) is 23.2. The van der Waals surface area contributed by atoms with E-state index in [-0.39, 0.29) is 10.6 Å². The van der Waals surface area contributed by atoms with E-state index >= 15 is 0 Å². The highest BCUT2D eigenvalue weighted by molar-refractivity contribution is 7.92. The molecule has 0 saturated carbocycles. The molecule has 2 N–H and O–H groups in total. The molecule has 0 aromatic heterocycles. The third kappa shape index (κ3) is 6.51. The fourth-order valence-electron chi connectivity index (χ4n) is 2.56. The molecule has 0 spiro atoms. The third-order valence-electron chi connectivity index (χ3n) is 4.04. The lowest BCUT2D eigenvalue weighted by molar-refractivity contribution is -0.122. The number of amides is 1. The minimum absolute atomic E-state index is 0.00654. The van der Waals surface area contributed by atoms with E-state index in [9.17, 15) is 13.2 Å². The van der Waals surface area contributed by atoms with Crippen molar-refractivity contribution in [2.75, 3.05) is 10.0 Å². The number of anilines is 2. The summed E-state index contributed by atoms with van der Waals surface area (Å²) in [6, 6.07) is 16.7. The second kappa shape index (κ2) is 9.78. The van der Waals surface area contributed by atoms with E-state index in [1.54, 1.807) is 31.2 Å². The van der Waals surface area contributed by atoms with E-state index in [0.717, 1.165) is 0 Å². The van der Waals surface area contributed by atoms with Crippen molar-refractivity contribution in [3.05, 3.63) is 81.8 Å². The Labute approximate surface area is 195 Å². The molecule has 0 aliphatic rings. The summed E-state index contributed by atoms with van der Waals surface area (Å²) in [5.41, 5.74) is 0.657. The van der Waals surface area contributed by atoms with Gasteiger partial charge in [-0.1, -0.05) is 34.8 Å². The molecule has 31 heavy (non-hydrogen) atoms. The lowest BCUT2D eigenvalue weighted by Crippen LogP contribution is -2.30. The average Bonchev–Trinajstić information content (AvgIpc) is 2.69. The standard InChI is InChI=1S/C21H17Cl3N2O4S/c1-13(30-19-6-2-14(22)3-7-19)21(27)25-17-4-8-20(9-5-17)31(28,29)26-18-11-15(23)10-16(24)12-18/h2-13,26H,1H3,(H,25,27). The predicted octanol–water partition coefficient (Wildman–Crippen LogP) is 5.85. The number of carbonyl (C=O) groups excluding carboxylic acids is 1. The van der Waals surface area contributed by atoms with Gasteiger partial charge >= 0.3 is 0 Å². The van der Waals surface area contributed by atoms with Gasteiger partial charge in [0.2, 0.25) is 0 Å². The Balaban J connectivity index is 1.64. The maximum absolute atomic E-state index is 12.6. The van der Waals surface area contributed by atoms with Crippen molar-refractivity contribution in [3.63, 3.8) is 0 Å². The van der Waals surface area contributed by atoms with Crippen LogP contribution in [0.25, 0.3) is 0 Å². The van der Waals surface area contributed by atoms with Gasteiger partial charge in [0.15, 0.2) is 6.10 Å². The molecule has 0 aliphatic heterocycles. The Bertz CT molecular complexity index is 1160. The average molecular weight is 500 g/mol. The summed E-state index contributed by atoms with van der Waals surface area (Å²) in [5.74, 6) is 0.109. The normalized spacial score (nSPS) is 12.1. The SMILES string of the molecule is CC(Oc1ccc(Cl)cc1)C(=O)Nc1ccc(S(=O)(=O)Nc2cc(Cl)cc(Cl)c2)cc1. The molecule has 0 radical (unpaired) electrons. The van der Waals surface area contributed by atoms with Gasteiger partial charge in [-0.25, -0.2) is 8.42 Å². The molecule has 3 aromatic carbocycles. The smallest absolute Gasteiger partial charge is 0.265 e. The lowest BCUT2D eigenvalue weighted by Gasteiger charge is -2.15. The number of hydrogen-bond donors (Lipinski definition) is 2. The van der Waals surface area contributed by atoms with Gasteiger partial charge in [0.25, 0.3) is 15.9 Å². The molecule has 0 fully saturated rings. The fourth-order valence-corrected chi connectivity index (χ4v) is 4.25. The van der Waals surface area contributed by atoms with Crippen LogP contribution in [0.4, 0.5) is 11.4 Å². The second-order valence-electron chi connectivity index (χ2n) is 6.49. The molecule has 0 bridgehead atoms. The highest BCUT2D eigenvalue weighted by Crippen LogP contribution is 2.25. The molecular formula is C21H17Cl3N2O4S. The molecule has 0 heterocycles. The monoisotopic (exact) mass is 498 g/mol. The van der Waals surface area contributed by atoms with Crippen LogP contribution in [0.3, 0.4) is 0 Å². The van der Waals surface area contributed by atoms with Crippen molar-refractivity contribution < 1.29 is 17.9 Å². The van der Waals surface area contributed by atoms with Crippen LogP contribution in [-0.4, -0.2) is 20.4 Å². The van der Waals surface area contributed by atoms with Crippen LogP contribution in [0.2, 0.25) is 15.1 Å². The zero-order chi connectivity index (χ0) is 22.6. The van der Waals surface area contributed by atoms with Crippen LogP contribution in [0.15, 0.2) is 71.6 Å². The van der Waals surface area contributed by atoms with Gasteiger partial charge in [-0.15, -0.1) is 0 Å². The Morgan fingerprint density at radius 1 is 0.839 bits per heavy atom. The molecule has 1 atom stereocenters. The van der Waals surface area contributed by atoms with Crippen molar-refractivity contribution in [1.82, 2.24) is 0 Å². The number of hydrogen-bond acceptors (Lipinski definition) is 4. The van der Waals surface area contributed by atoms with E-state index < -0.39 is 22.0 Å². The Hall–Kier alpha value is -2.45. The van der Waals surface area contributed by atoms with Gasteiger partial charge < -0.3 is 10.1 Å². The molecule has 10 heteroatoms. The number of carbonyl (C=O) groups is 1. The Morgan fingerprint density at radius 3 is 2.00 bits per heavy atom. The van der Waals surface area contributed by atoms with Crippen LogP contribution in [0.1, 0.15) is 6.92 Å². The zero-order valence-corrected chi connectivity index (χ0v) is 19.2. The van der Waals surface area contributed by atoms with Crippen LogP contribution < -0.4 is 14.8 Å². The van der Waals surface area contributed by atoms with E-state index in [2.05, 4.69) is 10.0 Å². The largest absolute Gasteiger partial charge is 0.481 e. The van der Waals surface area contributed by atoms with Crippen molar-refractivity contribution in [2.45, 2.75) is 17.9 Å². The van der Waals surface area contributed by atoms with Crippen LogP contribution in [0, 0.1) is 0 Å². The summed E-state index contributed by atoms with van der Waals surface area (Å²) in [4.78, 5) is 12.4. The van der Waals surface area contributed by atoms with Gasteiger partial charge in [0.1, 0.15) is 5.75 Å². The van der Waals surface area contributed by atoms with Crippen molar-refractivity contribution in [1.29, 1.82) is 0 Å². The van der Waals surface area contributed by atoms with E-state index in [0.29, 0.717) is 26.5 Å². The van der Waals surface area contributed by atoms with Crippen LogP contribution in [0.5, 0.6) is 5.75 Å². The van der Waals surface area contributed by atoms with Crippen molar-refractivity contribution >= 4 is 62.1 Å². The number of halogens is 3. The number of ether oxygens (including phenoxy) is 1. The number of sulfonamides is 1. The summed E-state index contributed by atoms with van der Waals surface area (Å²) in [6.07, 6.45) is -0.779. The molecule has 3 rings (SSSR count). The summed E-state index contributed by atoms with van der Waals surface area (Å²) >= 11 is 17.6. The number of rotatable bonds is 7. The molecule has 162 valence electrons. The summed E-state index contributed by atoms with van der Waals surface area (Å²) < 4.78 is 33.1. The molecular weight excluding hydrogens is 483 g/mol. The van der Waals surface area contributed by atoms with Gasteiger partial charge in [-0.05, 0) is 73.7 Å². The van der Waals surface area contributed by atoms with Gasteiger partial charge in [-0.3, -0.25) is 9.52 Å². The first-order valence-corrected chi connectivity index (χ1v) is 11.6. The molecule has 1 unspecified atom stereocenters. The van der Waals surface area contributed by atoms with E-state index in [1.165, 1.54) is 42.5 Å². The quantitative estimate of drug-likeness (QED) is 0.427. The fraction of sp³-hybridized carbons (Fsp3) is 0.0952. The minimum Gasteiger partial charge on any atom is -0.481 e. The second-order valence-corrected chi connectivity index (χ2v) is 9.48. The maximum Gasteiger partial charge on any atom is 0.265 e. The Kier molecular flexibility index (Phi) is 7.33. The minimum atomic E-state index is -3.87. The summed E-state index contributed by atoms with van der Waals surface area (Å²) in [6.45, 7) is 1.60. The van der Waals surface area contributed by atoms with E-state index in [1.807, 2.05) is 0 Å². The molecule has 0 saturated heterocycles. The topological polar surface area (TPSA) is 84.5 Å². The zero-order valence-electron chi connectivity index (χ0n) is 16.1. The number of nitrogens with one attached hydrogen (secondary N) is 2. The number of benzene rings is 3. The van der Waals surface area contributed by atoms with Crippen molar-refractivity contribution in [2.24, 2.45) is 0 Å². The summed E-state index contributed by atoms with van der Waals surface area (Å²) in [7, 11) is -3.87. The first-order chi connectivity index (χ1) is 14.6. The molecule has 6 nitrogen and oxygen atoms in total. The van der Waals surface area contributed by atoms with Crippen LogP contribution >= 0.6 is 34.8 Å². The van der Waals surface area contributed by atoms with Crippen molar-refractivity contribution in [3.8, 4) is 5.75 Å². The van der Waals surface area contributed by atoms with Gasteiger partial charge in [-0.2, -0.15) is 0 Å².